The minimum atomic E-state index is -3.95. The summed E-state index contributed by atoms with van der Waals surface area (Å²) in [4.78, 5) is 2.18. The van der Waals surface area contributed by atoms with Gasteiger partial charge in [-0.25, -0.2) is 16.8 Å². The van der Waals surface area contributed by atoms with Crippen LogP contribution in [-0.2, 0) is 24.6 Å². The van der Waals surface area contributed by atoms with Gasteiger partial charge in [0.15, 0.2) is 0 Å². The van der Waals surface area contributed by atoms with Crippen molar-refractivity contribution in [3.05, 3.63) is 66.7 Å². The van der Waals surface area contributed by atoms with Gasteiger partial charge in [-0.2, -0.15) is 0 Å². The molecule has 0 bridgehead atoms. The fourth-order valence-electron chi connectivity index (χ4n) is 3.14. The van der Waals surface area contributed by atoms with Gasteiger partial charge in [0.1, 0.15) is 8.42 Å². The number of nitrogens with one attached hydrogen (secondary N) is 1. The summed E-state index contributed by atoms with van der Waals surface area (Å²) in [6.45, 7) is 2.48. The Morgan fingerprint density at radius 2 is 1.43 bits per heavy atom. The van der Waals surface area contributed by atoms with Gasteiger partial charge in [0.05, 0.1) is 29.5 Å². The number of rotatable bonds is 6. The van der Waals surface area contributed by atoms with Crippen molar-refractivity contribution in [1.82, 2.24) is 0 Å². The molecule has 0 unspecified atom stereocenters. The molecule has 0 spiro atoms. The summed E-state index contributed by atoms with van der Waals surface area (Å²) in [7, 11) is -7.72. The minimum absolute atomic E-state index is 0.0180. The molecule has 3 aromatic rings. The second kappa shape index (κ2) is 8.38. The van der Waals surface area contributed by atoms with E-state index < -0.39 is 19.9 Å². The Morgan fingerprint density at radius 3 is 2.17 bits per heavy atom. The summed E-state index contributed by atoms with van der Waals surface area (Å²) in [5, 5.41) is 0. The first-order valence-corrected chi connectivity index (χ1v) is 13.0. The van der Waals surface area contributed by atoms with Crippen molar-refractivity contribution in [3.8, 4) is 0 Å². The van der Waals surface area contributed by atoms with Crippen LogP contribution in [-0.4, -0.2) is 43.1 Å². The van der Waals surface area contributed by atoms with Crippen LogP contribution in [0.4, 0.5) is 11.4 Å². The van der Waals surface area contributed by atoms with Crippen LogP contribution in [0.5, 0.6) is 0 Å². The number of sulfonamides is 1. The maximum atomic E-state index is 13.0. The molecule has 1 fully saturated rings. The lowest BCUT2D eigenvalue weighted by Crippen LogP contribution is -2.36. The first-order chi connectivity index (χ1) is 14.4. The molecule has 2 aromatic carbocycles. The quantitative estimate of drug-likeness (QED) is 0.602. The van der Waals surface area contributed by atoms with Gasteiger partial charge < -0.3 is 9.64 Å². The van der Waals surface area contributed by atoms with Crippen molar-refractivity contribution in [2.45, 2.75) is 13.3 Å². The summed E-state index contributed by atoms with van der Waals surface area (Å²) >= 11 is 0.730. The van der Waals surface area contributed by atoms with E-state index in [2.05, 4.69) is 9.62 Å². The molecule has 0 aliphatic carbocycles. The average Bonchev–Trinajstić information content (AvgIpc) is 3.28. The third-order valence-corrected chi connectivity index (χ3v) is 9.84. The van der Waals surface area contributed by atoms with Crippen LogP contribution in [0, 0.1) is 0 Å². The predicted molar refractivity (Wildman–Crippen MR) is 116 cm³/mol. The molecule has 10 heteroatoms. The molecule has 4 rings (SSSR count). The van der Waals surface area contributed by atoms with Crippen LogP contribution in [0.25, 0.3) is 0 Å². The topological polar surface area (TPSA) is 92.8 Å². The molecule has 1 aliphatic heterocycles. The zero-order valence-corrected chi connectivity index (χ0v) is 18.3. The average molecular weight is 465 g/mol. The Balaban J connectivity index is 1.62. The predicted octanol–water partition coefficient (Wildman–Crippen LogP) is 3.22. The molecule has 0 atom stereocenters. The highest BCUT2D eigenvalue weighted by molar-refractivity contribution is 7.96. The van der Waals surface area contributed by atoms with Crippen LogP contribution < -0.4 is 9.62 Å². The Morgan fingerprint density at radius 1 is 0.800 bits per heavy atom. The number of morpholine rings is 1. The standard InChI is InChI=1S/C20H20N2O5S3/c23-29(24,16-6-2-1-3-7-16)19-10-11-20(28-19)30(25,26)21-17-8-4-5-9-18(17)22-12-14-27-15-13-22/h1-11,21H,12-15H2. The first-order valence-electron chi connectivity index (χ1n) is 9.22. The first kappa shape index (κ1) is 20.9. The van der Waals surface area contributed by atoms with E-state index in [4.69, 9.17) is 4.74 Å². The van der Waals surface area contributed by atoms with Gasteiger partial charge in [-0.05, 0) is 36.4 Å². The zero-order chi connectivity index (χ0) is 21.2. The van der Waals surface area contributed by atoms with Gasteiger partial charge in [0, 0.05) is 13.1 Å². The molecule has 158 valence electrons. The number of sulfone groups is 1. The number of ether oxygens (including phenoxy) is 1. The maximum Gasteiger partial charge on any atom is 0.271 e. The molecule has 7 nitrogen and oxygen atoms in total. The molecule has 1 N–H and O–H groups in total. The van der Waals surface area contributed by atoms with Crippen molar-refractivity contribution < 1.29 is 21.6 Å². The van der Waals surface area contributed by atoms with Crippen molar-refractivity contribution in [2.24, 2.45) is 0 Å². The Kier molecular flexibility index (Phi) is 5.83. The fraction of sp³-hybridized carbons (Fsp3) is 0.200. The van der Waals surface area contributed by atoms with Gasteiger partial charge in [0.2, 0.25) is 9.84 Å². The van der Waals surface area contributed by atoms with Gasteiger partial charge >= 0.3 is 0 Å². The molecule has 0 saturated carbocycles. The molecule has 0 radical (unpaired) electrons. The molecule has 30 heavy (non-hydrogen) atoms. The van der Waals surface area contributed by atoms with Gasteiger partial charge in [-0.15, -0.1) is 11.3 Å². The van der Waals surface area contributed by atoms with Crippen LogP contribution >= 0.6 is 11.3 Å². The van der Waals surface area contributed by atoms with Crippen molar-refractivity contribution >= 4 is 42.6 Å². The van der Waals surface area contributed by atoms with E-state index in [9.17, 15) is 16.8 Å². The number of benzene rings is 2. The van der Waals surface area contributed by atoms with Crippen LogP contribution in [0.1, 0.15) is 0 Å². The van der Waals surface area contributed by atoms with Crippen LogP contribution in [0.2, 0.25) is 0 Å². The normalized spacial score (nSPS) is 15.1. The van der Waals surface area contributed by atoms with Crippen molar-refractivity contribution in [1.29, 1.82) is 0 Å². The number of nitrogens with zero attached hydrogens (tertiary/aromatic N) is 1. The number of thiophene rings is 1. The second-order valence-corrected chi connectivity index (χ2v) is 11.8. The van der Waals surface area contributed by atoms with E-state index in [0.29, 0.717) is 32.0 Å². The number of hydrogen-bond donors (Lipinski definition) is 1. The smallest absolute Gasteiger partial charge is 0.271 e. The molecule has 0 amide bonds. The summed E-state index contributed by atoms with van der Waals surface area (Å²) in [6.07, 6.45) is 0. The second-order valence-electron chi connectivity index (χ2n) is 6.61. The maximum absolute atomic E-state index is 13.0. The van der Waals surface area contributed by atoms with Crippen molar-refractivity contribution in [3.63, 3.8) is 0 Å². The van der Waals surface area contributed by atoms with E-state index in [0.717, 1.165) is 17.0 Å². The summed E-state index contributed by atoms with van der Waals surface area (Å²) in [5.41, 5.74) is 1.21. The third-order valence-electron chi connectivity index (χ3n) is 4.64. The van der Waals surface area contributed by atoms with Gasteiger partial charge in [-0.1, -0.05) is 30.3 Å². The Bertz CT molecular complexity index is 1230. The fourth-order valence-corrected chi connectivity index (χ4v) is 7.41. The molecule has 1 aliphatic rings. The highest BCUT2D eigenvalue weighted by Gasteiger charge is 2.25. The molecular weight excluding hydrogens is 444 g/mol. The Labute approximate surface area is 179 Å². The summed E-state index contributed by atoms with van der Waals surface area (Å²) in [5.74, 6) is 0. The highest BCUT2D eigenvalue weighted by Crippen LogP contribution is 2.33. The highest BCUT2D eigenvalue weighted by atomic mass is 32.3. The zero-order valence-electron chi connectivity index (χ0n) is 15.9. The molecule has 1 aromatic heterocycles. The molecular formula is C20H20N2O5S3. The number of anilines is 2. The van der Waals surface area contributed by atoms with E-state index in [1.165, 1.54) is 24.3 Å². The van der Waals surface area contributed by atoms with Crippen LogP contribution in [0.15, 0.2) is 80.0 Å². The van der Waals surface area contributed by atoms with E-state index >= 15 is 0 Å². The van der Waals surface area contributed by atoms with E-state index in [-0.39, 0.29) is 13.3 Å². The van der Waals surface area contributed by atoms with Crippen LogP contribution in [0.3, 0.4) is 0 Å². The Hall–Kier alpha value is -2.40. The summed E-state index contributed by atoms with van der Waals surface area (Å²) < 4.78 is 59.4. The lowest BCUT2D eigenvalue weighted by atomic mass is 10.2. The van der Waals surface area contributed by atoms with Gasteiger partial charge in [-0.3, -0.25) is 4.72 Å². The lowest BCUT2D eigenvalue weighted by molar-refractivity contribution is 0.123. The van der Waals surface area contributed by atoms with E-state index in [1.807, 2.05) is 12.1 Å². The number of para-hydroxylation sites is 2. The number of hydrogen-bond acceptors (Lipinski definition) is 7. The van der Waals surface area contributed by atoms with Crippen molar-refractivity contribution in [2.75, 3.05) is 35.9 Å². The third kappa shape index (κ3) is 4.22. The van der Waals surface area contributed by atoms with Gasteiger partial charge in [0.25, 0.3) is 10.0 Å². The summed E-state index contributed by atoms with van der Waals surface area (Å²) in [6, 6.07) is 17.7. The molecule has 1 saturated heterocycles. The lowest BCUT2D eigenvalue weighted by Gasteiger charge is -2.30. The SMILES string of the molecule is O=S(=O)(Nc1ccccc1N1CCOCC1)c1ccc(S(=O)(=O)c2ccccc2)s1. The largest absolute Gasteiger partial charge is 0.378 e. The monoisotopic (exact) mass is 464 g/mol. The molecule has 2 heterocycles. The van der Waals surface area contributed by atoms with E-state index in [1.54, 1.807) is 30.3 Å². The minimum Gasteiger partial charge on any atom is -0.378 e.